The van der Waals surface area contributed by atoms with E-state index in [1.165, 1.54) is 27.7 Å². The molecule has 0 atom stereocenters. The predicted octanol–water partition coefficient (Wildman–Crippen LogP) is 3.09. The third-order valence-corrected chi connectivity index (χ3v) is 2.37. The van der Waals surface area contributed by atoms with Crippen molar-refractivity contribution in [3.63, 3.8) is 0 Å². The van der Waals surface area contributed by atoms with Crippen molar-refractivity contribution in [1.82, 2.24) is 4.98 Å². The van der Waals surface area contributed by atoms with Crippen molar-refractivity contribution in [2.45, 2.75) is 20.8 Å². The third kappa shape index (κ3) is 1.02. The lowest BCUT2D eigenvalue weighted by Gasteiger charge is -1.98. The van der Waals surface area contributed by atoms with Crippen molar-refractivity contribution in [3.8, 4) is 0 Å². The number of aryl methyl sites for hydroxylation is 3. The Labute approximate surface area is 72.4 Å². The number of hydrogen-bond acceptors (Lipinski definition) is 0. The standard InChI is InChI=1S/C11H13N/c1-7-4-10-6-9(3)12-11(10)5-8(7)2/h4-6,12H,1-3H3. The minimum atomic E-state index is 1.23. The van der Waals surface area contributed by atoms with Gasteiger partial charge in [0.15, 0.2) is 0 Å². The molecule has 2 aromatic rings. The van der Waals surface area contributed by atoms with E-state index in [2.05, 4.69) is 44.0 Å². The maximum atomic E-state index is 3.33. The number of fused-ring (bicyclic) bond motifs is 1. The molecule has 0 radical (unpaired) electrons. The number of aromatic nitrogens is 1. The lowest BCUT2D eigenvalue weighted by atomic mass is 10.1. The number of aromatic amines is 1. The van der Waals surface area contributed by atoms with Gasteiger partial charge in [-0.25, -0.2) is 0 Å². The molecule has 12 heavy (non-hydrogen) atoms. The summed E-state index contributed by atoms with van der Waals surface area (Å²) in [7, 11) is 0. The molecule has 1 aromatic heterocycles. The van der Waals surface area contributed by atoms with Crippen molar-refractivity contribution in [2.24, 2.45) is 0 Å². The van der Waals surface area contributed by atoms with Gasteiger partial charge in [0.25, 0.3) is 0 Å². The first-order chi connectivity index (χ1) is 5.66. The van der Waals surface area contributed by atoms with E-state index < -0.39 is 0 Å². The summed E-state index contributed by atoms with van der Waals surface area (Å²) in [5, 5.41) is 1.32. The molecule has 1 N–H and O–H groups in total. The lowest BCUT2D eigenvalue weighted by molar-refractivity contribution is 1.29. The summed E-state index contributed by atoms with van der Waals surface area (Å²) in [6.07, 6.45) is 0. The van der Waals surface area contributed by atoms with Crippen LogP contribution in [0.1, 0.15) is 16.8 Å². The second kappa shape index (κ2) is 2.37. The van der Waals surface area contributed by atoms with Crippen LogP contribution in [0.25, 0.3) is 10.9 Å². The van der Waals surface area contributed by atoms with Crippen LogP contribution < -0.4 is 0 Å². The number of rotatable bonds is 0. The van der Waals surface area contributed by atoms with Crippen LogP contribution in [0.15, 0.2) is 18.2 Å². The van der Waals surface area contributed by atoms with Crippen molar-refractivity contribution in [3.05, 3.63) is 35.0 Å². The molecule has 0 unspecified atom stereocenters. The summed E-state index contributed by atoms with van der Waals surface area (Å²) in [5.41, 5.74) is 5.19. The molecule has 1 aromatic carbocycles. The first-order valence-corrected chi connectivity index (χ1v) is 4.23. The Morgan fingerprint density at radius 1 is 0.917 bits per heavy atom. The SMILES string of the molecule is Cc1cc2cc(C)c(C)cc2[nH]1. The number of hydrogen-bond donors (Lipinski definition) is 1. The van der Waals surface area contributed by atoms with Crippen LogP contribution in [-0.4, -0.2) is 4.98 Å². The largest absolute Gasteiger partial charge is 0.359 e. The van der Waals surface area contributed by atoms with E-state index in [0.29, 0.717) is 0 Å². The molecule has 0 spiro atoms. The zero-order chi connectivity index (χ0) is 8.72. The van der Waals surface area contributed by atoms with Gasteiger partial charge in [-0.2, -0.15) is 0 Å². The molecule has 0 saturated heterocycles. The molecule has 1 nitrogen and oxygen atoms in total. The summed E-state index contributed by atoms with van der Waals surface area (Å²) < 4.78 is 0. The molecule has 0 amide bonds. The Hall–Kier alpha value is -1.24. The summed E-state index contributed by atoms with van der Waals surface area (Å²) in [5.74, 6) is 0. The van der Waals surface area contributed by atoms with E-state index in [-0.39, 0.29) is 0 Å². The smallest absolute Gasteiger partial charge is 0.0458 e. The summed E-state index contributed by atoms with van der Waals surface area (Å²) in [6, 6.07) is 6.62. The van der Waals surface area contributed by atoms with E-state index in [0.717, 1.165) is 0 Å². The summed E-state index contributed by atoms with van der Waals surface area (Å²) in [4.78, 5) is 3.33. The van der Waals surface area contributed by atoms with Crippen LogP contribution in [0.3, 0.4) is 0 Å². The van der Waals surface area contributed by atoms with Gasteiger partial charge in [0, 0.05) is 11.2 Å². The third-order valence-electron chi connectivity index (χ3n) is 2.37. The molecule has 1 heteroatoms. The summed E-state index contributed by atoms with van der Waals surface area (Å²) in [6.45, 7) is 6.38. The van der Waals surface area contributed by atoms with Crippen molar-refractivity contribution >= 4 is 10.9 Å². The van der Waals surface area contributed by atoms with E-state index in [1.807, 2.05) is 0 Å². The Morgan fingerprint density at radius 3 is 2.33 bits per heavy atom. The van der Waals surface area contributed by atoms with Crippen LogP contribution in [0.5, 0.6) is 0 Å². The molecular weight excluding hydrogens is 146 g/mol. The van der Waals surface area contributed by atoms with E-state index >= 15 is 0 Å². The maximum Gasteiger partial charge on any atom is 0.0458 e. The zero-order valence-corrected chi connectivity index (χ0v) is 7.73. The molecule has 0 bridgehead atoms. The predicted molar refractivity (Wildman–Crippen MR) is 52.5 cm³/mol. The Kier molecular flexibility index (Phi) is 1.47. The minimum Gasteiger partial charge on any atom is -0.359 e. The van der Waals surface area contributed by atoms with Crippen LogP contribution in [-0.2, 0) is 0 Å². The Bertz CT molecular complexity index is 385. The van der Waals surface area contributed by atoms with Gasteiger partial charge in [-0.05, 0) is 55.5 Å². The van der Waals surface area contributed by atoms with Crippen molar-refractivity contribution in [1.29, 1.82) is 0 Å². The lowest BCUT2D eigenvalue weighted by Crippen LogP contribution is -1.79. The van der Waals surface area contributed by atoms with Crippen LogP contribution in [0, 0.1) is 20.8 Å². The number of benzene rings is 1. The van der Waals surface area contributed by atoms with Crippen molar-refractivity contribution < 1.29 is 0 Å². The van der Waals surface area contributed by atoms with Gasteiger partial charge in [0.1, 0.15) is 0 Å². The average Bonchev–Trinajstić information content (AvgIpc) is 2.30. The topological polar surface area (TPSA) is 15.8 Å². The van der Waals surface area contributed by atoms with Gasteiger partial charge in [-0.15, -0.1) is 0 Å². The van der Waals surface area contributed by atoms with Gasteiger partial charge >= 0.3 is 0 Å². The number of nitrogens with one attached hydrogen (secondary N) is 1. The first kappa shape index (κ1) is 7.41. The van der Waals surface area contributed by atoms with Gasteiger partial charge in [0.2, 0.25) is 0 Å². The molecule has 2 rings (SSSR count). The Balaban J connectivity index is 2.83. The highest BCUT2D eigenvalue weighted by molar-refractivity contribution is 5.81. The molecule has 0 aliphatic heterocycles. The fraction of sp³-hybridized carbons (Fsp3) is 0.273. The van der Waals surface area contributed by atoms with Crippen molar-refractivity contribution in [2.75, 3.05) is 0 Å². The quantitative estimate of drug-likeness (QED) is 0.608. The van der Waals surface area contributed by atoms with Gasteiger partial charge in [-0.1, -0.05) is 0 Å². The van der Waals surface area contributed by atoms with E-state index in [9.17, 15) is 0 Å². The normalized spacial score (nSPS) is 10.9. The molecule has 0 saturated carbocycles. The minimum absolute atomic E-state index is 1.23. The molecule has 1 heterocycles. The molecule has 0 fully saturated rings. The summed E-state index contributed by atoms with van der Waals surface area (Å²) >= 11 is 0. The van der Waals surface area contributed by atoms with Gasteiger partial charge < -0.3 is 4.98 Å². The van der Waals surface area contributed by atoms with Crippen LogP contribution in [0.4, 0.5) is 0 Å². The fourth-order valence-electron chi connectivity index (χ4n) is 1.55. The monoisotopic (exact) mass is 159 g/mol. The Morgan fingerprint density at radius 2 is 1.58 bits per heavy atom. The average molecular weight is 159 g/mol. The van der Waals surface area contributed by atoms with Crippen LogP contribution >= 0.6 is 0 Å². The second-order valence-corrected chi connectivity index (χ2v) is 3.48. The highest BCUT2D eigenvalue weighted by Crippen LogP contribution is 2.19. The molecule has 62 valence electrons. The van der Waals surface area contributed by atoms with Gasteiger partial charge in [-0.3, -0.25) is 0 Å². The second-order valence-electron chi connectivity index (χ2n) is 3.48. The fourth-order valence-corrected chi connectivity index (χ4v) is 1.55. The van der Waals surface area contributed by atoms with E-state index in [4.69, 9.17) is 0 Å². The maximum absolute atomic E-state index is 3.33. The number of H-pyrrole nitrogens is 1. The zero-order valence-electron chi connectivity index (χ0n) is 7.73. The highest BCUT2D eigenvalue weighted by atomic mass is 14.7. The van der Waals surface area contributed by atoms with E-state index in [1.54, 1.807) is 0 Å². The highest BCUT2D eigenvalue weighted by Gasteiger charge is 1.99. The molecular formula is C11H13N. The van der Waals surface area contributed by atoms with Crippen LogP contribution in [0.2, 0.25) is 0 Å². The molecule has 0 aliphatic rings. The molecule has 0 aliphatic carbocycles. The first-order valence-electron chi connectivity index (χ1n) is 4.23. The van der Waals surface area contributed by atoms with Gasteiger partial charge in [0.05, 0.1) is 0 Å².